The lowest BCUT2D eigenvalue weighted by Crippen LogP contribution is -2.30. The molecule has 2 heterocycles. The predicted molar refractivity (Wildman–Crippen MR) is 87.8 cm³/mol. The summed E-state index contributed by atoms with van der Waals surface area (Å²) in [5.74, 6) is -0.0222. The molecule has 0 fully saturated rings. The Hall–Kier alpha value is -1.88. The number of hydrogen-bond acceptors (Lipinski definition) is 4. The second-order valence-corrected chi connectivity index (χ2v) is 5.79. The van der Waals surface area contributed by atoms with Crippen LogP contribution in [0.25, 0.3) is 0 Å². The van der Waals surface area contributed by atoms with Crippen LogP contribution in [0.3, 0.4) is 0 Å². The van der Waals surface area contributed by atoms with Gasteiger partial charge in [-0.25, -0.2) is 0 Å². The molecule has 0 aliphatic carbocycles. The van der Waals surface area contributed by atoms with Crippen molar-refractivity contribution in [1.82, 2.24) is 9.88 Å². The molecule has 0 aliphatic heterocycles. The fourth-order valence-electron chi connectivity index (χ4n) is 2.01. The minimum Gasteiger partial charge on any atom is -0.385 e. The van der Waals surface area contributed by atoms with Crippen LogP contribution < -0.4 is 5.32 Å². The van der Waals surface area contributed by atoms with Gasteiger partial charge in [-0.2, -0.15) is 0 Å². The summed E-state index contributed by atoms with van der Waals surface area (Å²) in [5, 5.41) is 5.31. The molecule has 2 rings (SSSR count). The third-order valence-corrected chi connectivity index (χ3v) is 4.02. The van der Waals surface area contributed by atoms with Crippen molar-refractivity contribution in [2.45, 2.75) is 26.8 Å². The monoisotopic (exact) mass is 303 g/mol. The molecule has 1 N–H and O–H groups in total. The van der Waals surface area contributed by atoms with Gasteiger partial charge < -0.3 is 10.2 Å². The SMILES string of the molecule is CCCNc1ccnc(C(=O)N(CC)Cc2cccs2)c1. The first kappa shape index (κ1) is 15.5. The molecular formula is C16H21N3OS. The van der Waals surface area contributed by atoms with Crippen LogP contribution >= 0.6 is 11.3 Å². The molecule has 5 heteroatoms. The van der Waals surface area contributed by atoms with Gasteiger partial charge >= 0.3 is 0 Å². The van der Waals surface area contributed by atoms with Crippen molar-refractivity contribution in [1.29, 1.82) is 0 Å². The highest BCUT2D eigenvalue weighted by Crippen LogP contribution is 2.15. The molecule has 0 bridgehead atoms. The van der Waals surface area contributed by atoms with Crippen LogP contribution in [-0.4, -0.2) is 28.9 Å². The topological polar surface area (TPSA) is 45.2 Å². The zero-order chi connectivity index (χ0) is 15.1. The van der Waals surface area contributed by atoms with E-state index in [-0.39, 0.29) is 5.91 Å². The van der Waals surface area contributed by atoms with E-state index in [0.29, 0.717) is 18.8 Å². The lowest BCUT2D eigenvalue weighted by atomic mass is 10.2. The van der Waals surface area contributed by atoms with E-state index in [0.717, 1.165) is 18.7 Å². The van der Waals surface area contributed by atoms with E-state index in [1.807, 2.05) is 41.5 Å². The fraction of sp³-hybridized carbons (Fsp3) is 0.375. The molecule has 112 valence electrons. The molecular weight excluding hydrogens is 282 g/mol. The van der Waals surface area contributed by atoms with Crippen LogP contribution in [0, 0.1) is 0 Å². The Labute approximate surface area is 129 Å². The van der Waals surface area contributed by atoms with Crippen LogP contribution in [0.4, 0.5) is 5.69 Å². The van der Waals surface area contributed by atoms with Crippen molar-refractivity contribution < 1.29 is 4.79 Å². The van der Waals surface area contributed by atoms with Crippen molar-refractivity contribution >= 4 is 22.9 Å². The third-order valence-electron chi connectivity index (χ3n) is 3.15. The maximum absolute atomic E-state index is 12.6. The molecule has 21 heavy (non-hydrogen) atoms. The van der Waals surface area contributed by atoms with Crippen LogP contribution in [-0.2, 0) is 6.54 Å². The Morgan fingerprint density at radius 2 is 2.24 bits per heavy atom. The van der Waals surface area contributed by atoms with E-state index >= 15 is 0 Å². The van der Waals surface area contributed by atoms with E-state index in [1.165, 1.54) is 4.88 Å². The Morgan fingerprint density at radius 3 is 2.90 bits per heavy atom. The second-order valence-electron chi connectivity index (χ2n) is 4.76. The van der Waals surface area contributed by atoms with Gasteiger partial charge in [0.25, 0.3) is 5.91 Å². The number of anilines is 1. The number of pyridine rings is 1. The number of nitrogens with zero attached hydrogens (tertiary/aromatic N) is 2. The first-order valence-electron chi connectivity index (χ1n) is 7.26. The average molecular weight is 303 g/mol. The molecule has 0 saturated heterocycles. The normalized spacial score (nSPS) is 10.4. The van der Waals surface area contributed by atoms with Gasteiger partial charge in [-0.1, -0.05) is 13.0 Å². The molecule has 4 nitrogen and oxygen atoms in total. The number of aromatic nitrogens is 1. The van der Waals surface area contributed by atoms with Gasteiger partial charge in [0, 0.05) is 29.9 Å². The number of carbonyl (C=O) groups is 1. The number of thiophene rings is 1. The van der Waals surface area contributed by atoms with E-state index in [9.17, 15) is 4.79 Å². The molecule has 1 amide bonds. The van der Waals surface area contributed by atoms with Crippen molar-refractivity contribution in [3.05, 3.63) is 46.4 Å². The number of carbonyl (C=O) groups excluding carboxylic acids is 1. The summed E-state index contributed by atoms with van der Waals surface area (Å²) in [7, 11) is 0. The van der Waals surface area contributed by atoms with Gasteiger partial charge in [0.05, 0.1) is 6.54 Å². The molecule has 0 atom stereocenters. The van der Waals surface area contributed by atoms with Gasteiger partial charge in [0.15, 0.2) is 0 Å². The predicted octanol–water partition coefficient (Wildman–Crippen LogP) is 3.63. The van der Waals surface area contributed by atoms with E-state index in [1.54, 1.807) is 17.5 Å². The number of amides is 1. The Balaban J connectivity index is 2.09. The van der Waals surface area contributed by atoms with Crippen molar-refractivity contribution in [3.8, 4) is 0 Å². The molecule has 0 aromatic carbocycles. The van der Waals surface area contributed by atoms with Crippen LogP contribution in [0.5, 0.6) is 0 Å². The summed E-state index contributed by atoms with van der Waals surface area (Å²) in [6.45, 7) is 6.31. The molecule has 0 aliphatic rings. The minimum absolute atomic E-state index is 0.0222. The largest absolute Gasteiger partial charge is 0.385 e. The Kier molecular flexibility index (Phi) is 5.75. The van der Waals surface area contributed by atoms with E-state index in [4.69, 9.17) is 0 Å². The number of hydrogen-bond donors (Lipinski definition) is 1. The van der Waals surface area contributed by atoms with Gasteiger partial charge in [0.2, 0.25) is 0 Å². The van der Waals surface area contributed by atoms with Crippen LogP contribution in [0.2, 0.25) is 0 Å². The molecule has 0 radical (unpaired) electrons. The van der Waals surface area contributed by atoms with E-state index < -0.39 is 0 Å². The lowest BCUT2D eigenvalue weighted by Gasteiger charge is -2.20. The van der Waals surface area contributed by atoms with Crippen molar-refractivity contribution in [2.24, 2.45) is 0 Å². The first-order chi connectivity index (χ1) is 10.2. The summed E-state index contributed by atoms with van der Waals surface area (Å²) >= 11 is 1.67. The van der Waals surface area contributed by atoms with Gasteiger partial charge in [-0.3, -0.25) is 9.78 Å². The van der Waals surface area contributed by atoms with Crippen LogP contribution in [0.1, 0.15) is 35.6 Å². The number of nitrogens with one attached hydrogen (secondary N) is 1. The maximum atomic E-state index is 12.6. The first-order valence-corrected chi connectivity index (χ1v) is 8.14. The Bertz CT molecular complexity index is 569. The Morgan fingerprint density at radius 1 is 1.38 bits per heavy atom. The standard InChI is InChI=1S/C16H21N3OS/c1-3-8-17-13-7-9-18-15(11-13)16(20)19(4-2)12-14-6-5-10-21-14/h5-7,9-11H,3-4,8,12H2,1-2H3,(H,17,18). The van der Waals surface area contributed by atoms with Crippen molar-refractivity contribution in [3.63, 3.8) is 0 Å². The summed E-state index contributed by atoms with van der Waals surface area (Å²) in [6.07, 6.45) is 2.73. The maximum Gasteiger partial charge on any atom is 0.272 e. The lowest BCUT2D eigenvalue weighted by molar-refractivity contribution is 0.0748. The average Bonchev–Trinajstić information content (AvgIpc) is 3.03. The highest BCUT2D eigenvalue weighted by Gasteiger charge is 2.16. The summed E-state index contributed by atoms with van der Waals surface area (Å²) in [6, 6.07) is 7.77. The summed E-state index contributed by atoms with van der Waals surface area (Å²) < 4.78 is 0. The smallest absolute Gasteiger partial charge is 0.272 e. The fourth-order valence-corrected chi connectivity index (χ4v) is 2.73. The van der Waals surface area contributed by atoms with Crippen LogP contribution in [0.15, 0.2) is 35.8 Å². The van der Waals surface area contributed by atoms with Gasteiger partial charge in [0.1, 0.15) is 5.69 Å². The zero-order valence-electron chi connectivity index (χ0n) is 12.5. The molecule has 0 spiro atoms. The zero-order valence-corrected chi connectivity index (χ0v) is 13.3. The molecule has 0 unspecified atom stereocenters. The highest BCUT2D eigenvalue weighted by atomic mass is 32.1. The second kappa shape index (κ2) is 7.78. The van der Waals surface area contributed by atoms with Crippen molar-refractivity contribution in [2.75, 3.05) is 18.4 Å². The van der Waals surface area contributed by atoms with E-state index in [2.05, 4.69) is 17.2 Å². The minimum atomic E-state index is -0.0222. The highest BCUT2D eigenvalue weighted by molar-refractivity contribution is 7.09. The van der Waals surface area contributed by atoms with Gasteiger partial charge in [-0.05, 0) is 36.9 Å². The summed E-state index contributed by atoms with van der Waals surface area (Å²) in [5.41, 5.74) is 1.44. The molecule has 2 aromatic rings. The molecule has 0 saturated carbocycles. The third kappa shape index (κ3) is 4.29. The summed E-state index contributed by atoms with van der Waals surface area (Å²) in [4.78, 5) is 19.8. The molecule has 2 aromatic heterocycles. The quantitative estimate of drug-likeness (QED) is 0.849. The number of rotatable bonds is 7. The van der Waals surface area contributed by atoms with Gasteiger partial charge in [-0.15, -0.1) is 11.3 Å².